The predicted octanol–water partition coefficient (Wildman–Crippen LogP) is 0.411. The minimum atomic E-state index is -0.539. The second-order valence-corrected chi connectivity index (χ2v) is 2.49. The summed E-state index contributed by atoms with van der Waals surface area (Å²) in [5.41, 5.74) is 6.06. The Morgan fingerprint density at radius 2 is 2.38 bits per heavy atom. The van der Waals surface area contributed by atoms with E-state index in [2.05, 4.69) is 5.10 Å². The van der Waals surface area contributed by atoms with Crippen molar-refractivity contribution in [3.63, 3.8) is 0 Å². The summed E-state index contributed by atoms with van der Waals surface area (Å²) in [6.45, 7) is 0. The monoisotopic (exact) mass is 177 g/mol. The molecule has 2 N–H and O–H groups in total. The molecule has 0 bridgehead atoms. The van der Waals surface area contributed by atoms with Crippen LogP contribution < -0.4 is 5.73 Å². The Labute approximate surface area is 74.1 Å². The second-order valence-electron chi connectivity index (χ2n) is 2.49. The van der Waals surface area contributed by atoms with Crippen molar-refractivity contribution in [2.45, 2.75) is 0 Å². The van der Waals surface area contributed by atoms with E-state index in [4.69, 9.17) is 10.5 Å². The Hall–Kier alpha value is -2.04. The van der Waals surface area contributed by atoms with Crippen molar-refractivity contribution < 1.29 is 9.53 Å². The Kier molecular flexibility index (Phi) is 1.63. The van der Waals surface area contributed by atoms with Gasteiger partial charge in [-0.2, -0.15) is 5.10 Å². The summed E-state index contributed by atoms with van der Waals surface area (Å²) < 4.78 is 6.41. The molecule has 1 amide bonds. The van der Waals surface area contributed by atoms with Crippen LogP contribution in [0.15, 0.2) is 18.6 Å². The van der Waals surface area contributed by atoms with Gasteiger partial charge in [-0.25, -0.2) is 4.68 Å². The van der Waals surface area contributed by atoms with Gasteiger partial charge in [-0.15, -0.1) is 0 Å². The van der Waals surface area contributed by atoms with E-state index in [1.807, 2.05) is 0 Å². The number of rotatable bonds is 1. The fourth-order valence-electron chi connectivity index (χ4n) is 1.02. The number of aromatic nitrogens is 2. The Morgan fingerprint density at radius 3 is 3.15 bits per heavy atom. The van der Waals surface area contributed by atoms with Crippen molar-refractivity contribution in [3.8, 4) is 0 Å². The molecule has 66 valence electrons. The van der Waals surface area contributed by atoms with Gasteiger partial charge < -0.3 is 10.5 Å². The maximum Gasteiger partial charge on any atom is 0.269 e. The largest absolute Gasteiger partial charge is 0.471 e. The van der Waals surface area contributed by atoms with E-state index in [-0.39, 0.29) is 5.69 Å². The van der Waals surface area contributed by atoms with E-state index in [9.17, 15) is 4.79 Å². The molecule has 2 heterocycles. The summed E-state index contributed by atoms with van der Waals surface area (Å²) in [6, 6.07) is 1.60. The van der Waals surface area contributed by atoms with Gasteiger partial charge in [0.1, 0.15) is 6.26 Å². The van der Waals surface area contributed by atoms with Crippen molar-refractivity contribution >= 4 is 18.2 Å². The van der Waals surface area contributed by atoms with Gasteiger partial charge in [0, 0.05) is 0 Å². The van der Waals surface area contributed by atoms with Crippen molar-refractivity contribution in [1.82, 2.24) is 9.78 Å². The van der Waals surface area contributed by atoms with Crippen LogP contribution in [-0.4, -0.2) is 15.7 Å². The zero-order valence-electron chi connectivity index (χ0n) is 6.68. The first-order valence-electron chi connectivity index (χ1n) is 3.65. The van der Waals surface area contributed by atoms with Crippen LogP contribution in [0.3, 0.4) is 0 Å². The minimum Gasteiger partial charge on any atom is -0.471 e. The summed E-state index contributed by atoms with van der Waals surface area (Å²) in [6.07, 6.45) is 6.26. The number of hydrogen-bond acceptors (Lipinski definition) is 3. The van der Waals surface area contributed by atoms with Crippen molar-refractivity contribution in [2.24, 2.45) is 5.73 Å². The second kappa shape index (κ2) is 2.78. The lowest BCUT2D eigenvalue weighted by molar-refractivity contribution is 0.0995. The molecule has 0 aromatic carbocycles. The van der Waals surface area contributed by atoms with Gasteiger partial charge in [0.2, 0.25) is 0 Å². The maximum atomic E-state index is 10.8. The molecule has 1 aliphatic heterocycles. The van der Waals surface area contributed by atoms with Crippen LogP contribution in [0, 0.1) is 0 Å². The van der Waals surface area contributed by atoms with E-state index < -0.39 is 5.91 Å². The fraction of sp³-hybridized carbons (Fsp3) is 0. The van der Waals surface area contributed by atoms with Crippen LogP contribution >= 0.6 is 0 Å². The first-order valence-corrected chi connectivity index (χ1v) is 3.65. The summed E-state index contributed by atoms with van der Waals surface area (Å²) in [5.74, 6) is -0.539. The lowest BCUT2D eigenvalue weighted by Crippen LogP contribution is -2.11. The number of ether oxygens (including phenoxy) is 1. The molecule has 0 spiro atoms. The zero-order chi connectivity index (χ0) is 9.26. The Morgan fingerprint density at radius 1 is 1.54 bits per heavy atom. The lowest BCUT2D eigenvalue weighted by atomic mass is 10.3. The van der Waals surface area contributed by atoms with E-state index >= 15 is 0 Å². The van der Waals surface area contributed by atoms with Crippen LogP contribution in [0.2, 0.25) is 0 Å². The highest BCUT2D eigenvalue weighted by molar-refractivity contribution is 5.91. The molecular weight excluding hydrogens is 170 g/mol. The maximum absolute atomic E-state index is 10.8. The zero-order valence-corrected chi connectivity index (χ0v) is 6.68. The Bertz CT molecular complexity index is 374. The van der Waals surface area contributed by atoms with Gasteiger partial charge in [-0.1, -0.05) is 0 Å². The first kappa shape index (κ1) is 7.60. The van der Waals surface area contributed by atoms with Gasteiger partial charge in [-0.3, -0.25) is 4.79 Å². The van der Waals surface area contributed by atoms with Crippen molar-refractivity contribution in [3.05, 3.63) is 30.0 Å². The molecule has 1 aliphatic rings. The summed E-state index contributed by atoms with van der Waals surface area (Å²) >= 11 is 0. The van der Waals surface area contributed by atoms with Crippen LogP contribution in [0.5, 0.6) is 0 Å². The highest BCUT2D eigenvalue weighted by Gasteiger charge is 2.09. The number of carbonyl (C=O) groups is 1. The molecule has 5 nitrogen and oxygen atoms in total. The predicted molar refractivity (Wildman–Crippen MR) is 46.2 cm³/mol. The average molecular weight is 177 g/mol. The highest BCUT2D eigenvalue weighted by atomic mass is 16.5. The molecule has 0 unspecified atom stereocenters. The molecule has 0 aliphatic carbocycles. The molecule has 0 radical (unpaired) electrons. The van der Waals surface area contributed by atoms with Gasteiger partial charge in [0.15, 0.2) is 5.69 Å². The van der Waals surface area contributed by atoms with Gasteiger partial charge in [0.05, 0.1) is 18.2 Å². The normalized spacial score (nSPS) is 13.2. The molecule has 0 saturated carbocycles. The third kappa shape index (κ3) is 1.31. The molecule has 1 aromatic heterocycles. The van der Waals surface area contributed by atoms with Gasteiger partial charge in [-0.05, 0) is 12.1 Å². The molecule has 1 aromatic rings. The van der Waals surface area contributed by atoms with E-state index in [0.29, 0.717) is 0 Å². The third-order valence-electron chi connectivity index (χ3n) is 1.62. The van der Waals surface area contributed by atoms with Gasteiger partial charge >= 0.3 is 0 Å². The quantitative estimate of drug-likeness (QED) is 0.675. The van der Waals surface area contributed by atoms with Crippen LogP contribution in [0.1, 0.15) is 16.2 Å². The highest BCUT2D eigenvalue weighted by Crippen LogP contribution is 2.09. The van der Waals surface area contributed by atoms with Crippen molar-refractivity contribution in [2.75, 3.05) is 0 Å². The molecule has 5 heteroatoms. The molecule has 13 heavy (non-hydrogen) atoms. The van der Waals surface area contributed by atoms with Gasteiger partial charge in [0.25, 0.3) is 5.91 Å². The molecular formula is C8H7N3O2. The third-order valence-corrected chi connectivity index (χ3v) is 1.62. The Balaban J connectivity index is 2.50. The van der Waals surface area contributed by atoms with Crippen LogP contribution in [0.25, 0.3) is 12.3 Å². The number of hydrogen-bond donors (Lipinski definition) is 1. The number of primary amides is 1. The minimum absolute atomic E-state index is 0.242. The smallest absolute Gasteiger partial charge is 0.269 e. The SMILES string of the molecule is NC(=O)c1cc2n(n1)C=COC=C2. The number of nitrogens with zero attached hydrogens (tertiary/aromatic N) is 2. The average Bonchev–Trinajstić information content (AvgIpc) is 2.38. The van der Waals surface area contributed by atoms with Crippen molar-refractivity contribution in [1.29, 1.82) is 0 Å². The first-order chi connectivity index (χ1) is 6.27. The number of nitrogens with two attached hydrogens (primary N) is 1. The molecule has 0 fully saturated rings. The summed E-state index contributed by atoms with van der Waals surface area (Å²) in [5, 5.41) is 3.93. The van der Waals surface area contributed by atoms with E-state index in [1.165, 1.54) is 17.2 Å². The molecule has 0 saturated heterocycles. The molecule has 0 atom stereocenters. The number of fused-ring (bicyclic) bond motifs is 1. The summed E-state index contributed by atoms with van der Waals surface area (Å²) in [4.78, 5) is 10.8. The van der Waals surface area contributed by atoms with Crippen LogP contribution in [0.4, 0.5) is 0 Å². The lowest BCUT2D eigenvalue weighted by Gasteiger charge is -1.90. The fourth-order valence-corrected chi connectivity index (χ4v) is 1.02. The van der Waals surface area contributed by atoms with Crippen LogP contribution in [-0.2, 0) is 4.74 Å². The number of carbonyl (C=O) groups excluding carboxylic acids is 1. The number of amides is 1. The van der Waals surface area contributed by atoms with E-state index in [0.717, 1.165) is 5.69 Å². The standard InChI is InChI=1S/C8H7N3O2/c9-8(12)7-5-6-1-3-13-4-2-11(6)10-7/h1-5H,(H2,9,12). The summed E-state index contributed by atoms with van der Waals surface area (Å²) in [7, 11) is 0. The van der Waals surface area contributed by atoms with E-state index in [1.54, 1.807) is 18.3 Å². The topological polar surface area (TPSA) is 70.1 Å². The molecule has 2 rings (SSSR count).